The summed E-state index contributed by atoms with van der Waals surface area (Å²) in [4.78, 5) is 0. The normalized spacial score (nSPS) is 38.4. The van der Waals surface area contributed by atoms with Crippen molar-refractivity contribution < 1.29 is 0 Å². The number of hydrogen-bond acceptors (Lipinski definition) is 1. The van der Waals surface area contributed by atoms with Crippen molar-refractivity contribution in [2.75, 3.05) is 13.1 Å². The van der Waals surface area contributed by atoms with E-state index in [9.17, 15) is 0 Å². The quantitative estimate of drug-likeness (QED) is 0.522. The molecular weight excluding hydrogens is 134 g/mol. The van der Waals surface area contributed by atoms with Gasteiger partial charge in [0.2, 0.25) is 0 Å². The van der Waals surface area contributed by atoms with Gasteiger partial charge >= 0.3 is 0 Å². The molecule has 1 saturated heterocycles. The maximum absolute atomic E-state index is 4.08. The van der Waals surface area contributed by atoms with E-state index in [1.54, 1.807) is 0 Å². The molecule has 1 aliphatic carbocycles. The highest BCUT2D eigenvalue weighted by atomic mass is 14.9. The van der Waals surface area contributed by atoms with Gasteiger partial charge in [0.25, 0.3) is 0 Å². The average Bonchev–Trinajstić information content (AvgIpc) is 2.04. The number of fused-ring (bicyclic) bond motifs is 1. The van der Waals surface area contributed by atoms with Gasteiger partial charge in [-0.25, -0.2) is 0 Å². The third kappa shape index (κ3) is 1.48. The lowest BCUT2D eigenvalue weighted by molar-refractivity contribution is 0.215. The smallest absolute Gasteiger partial charge is 0.00148 e. The fraction of sp³-hybridized carbons (Fsp3) is 0.800. The molecule has 62 valence electrons. The molecular formula is C10H17N. The van der Waals surface area contributed by atoms with Crippen LogP contribution in [0.5, 0.6) is 0 Å². The van der Waals surface area contributed by atoms with Gasteiger partial charge in [-0.1, -0.05) is 12.2 Å². The number of hydrogen-bond donors (Lipinski definition) is 1. The van der Waals surface area contributed by atoms with Gasteiger partial charge in [0.1, 0.15) is 0 Å². The van der Waals surface area contributed by atoms with Crippen LogP contribution >= 0.6 is 0 Å². The van der Waals surface area contributed by atoms with E-state index in [0.29, 0.717) is 0 Å². The molecule has 2 unspecified atom stereocenters. The predicted molar refractivity (Wildman–Crippen MR) is 47.5 cm³/mol. The van der Waals surface area contributed by atoms with E-state index in [1.165, 1.54) is 44.3 Å². The Kier molecular flexibility index (Phi) is 1.99. The first-order chi connectivity index (χ1) is 5.36. The molecule has 11 heavy (non-hydrogen) atoms. The van der Waals surface area contributed by atoms with E-state index in [1.807, 2.05) is 0 Å². The Morgan fingerprint density at radius 2 is 2.18 bits per heavy atom. The van der Waals surface area contributed by atoms with E-state index < -0.39 is 0 Å². The zero-order chi connectivity index (χ0) is 7.68. The van der Waals surface area contributed by atoms with Crippen LogP contribution in [-0.4, -0.2) is 13.1 Å². The Balaban J connectivity index is 1.98. The Morgan fingerprint density at radius 3 is 3.09 bits per heavy atom. The monoisotopic (exact) mass is 151 g/mol. The van der Waals surface area contributed by atoms with Crippen molar-refractivity contribution in [2.45, 2.75) is 25.7 Å². The second-order valence-corrected chi connectivity index (χ2v) is 4.01. The molecule has 0 aromatic rings. The van der Waals surface area contributed by atoms with Crippen LogP contribution in [-0.2, 0) is 0 Å². The van der Waals surface area contributed by atoms with Gasteiger partial charge in [-0.05, 0) is 50.6 Å². The van der Waals surface area contributed by atoms with Crippen LogP contribution in [0.3, 0.4) is 0 Å². The first-order valence-electron chi connectivity index (χ1n) is 4.73. The number of rotatable bonds is 0. The molecule has 2 aliphatic rings. The van der Waals surface area contributed by atoms with Crippen LogP contribution in [0.25, 0.3) is 0 Å². The van der Waals surface area contributed by atoms with E-state index in [4.69, 9.17) is 0 Å². The summed E-state index contributed by atoms with van der Waals surface area (Å²) < 4.78 is 0. The summed E-state index contributed by atoms with van der Waals surface area (Å²) in [7, 11) is 0. The standard InChI is InChI=1S/C10H17N/c1-8-2-3-9-4-5-11-7-10(9)6-8/h9-11H,1-7H2. The fourth-order valence-electron chi connectivity index (χ4n) is 2.46. The van der Waals surface area contributed by atoms with Gasteiger partial charge in [0.05, 0.1) is 0 Å². The third-order valence-electron chi connectivity index (χ3n) is 3.18. The molecule has 2 fully saturated rings. The summed E-state index contributed by atoms with van der Waals surface area (Å²) in [5.74, 6) is 1.94. The lowest BCUT2D eigenvalue weighted by Crippen LogP contribution is -2.38. The molecule has 2 rings (SSSR count). The summed E-state index contributed by atoms with van der Waals surface area (Å²) in [5, 5.41) is 3.46. The summed E-state index contributed by atoms with van der Waals surface area (Å²) in [6.07, 6.45) is 5.39. The minimum atomic E-state index is 0.921. The highest BCUT2D eigenvalue weighted by molar-refractivity contribution is 5.02. The van der Waals surface area contributed by atoms with Crippen molar-refractivity contribution in [3.63, 3.8) is 0 Å². The molecule has 1 saturated carbocycles. The van der Waals surface area contributed by atoms with Crippen molar-refractivity contribution in [3.8, 4) is 0 Å². The van der Waals surface area contributed by atoms with E-state index in [0.717, 1.165) is 11.8 Å². The first kappa shape index (κ1) is 7.35. The minimum Gasteiger partial charge on any atom is -0.316 e. The Morgan fingerprint density at radius 1 is 1.27 bits per heavy atom. The molecule has 0 aromatic heterocycles. The summed E-state index contributed by atoms with van der Waals surface area (Å²) in [6, 6.07) is 0. The number of allylic oxidation sites excluding steroid dienone is 1. The summed E-state index contributed by atoms with van der Waals surface area (Å²) in [6.45, 7) is 6.56. The highest BCUT2D eigenvalue weighted by Crippen LogP contribution is 2.35. The Bertz CT molecular complexity index is 162. The van der Waals surface area contributed by atoms with Crippen LogP contribution in [0.1, 0.15) is 25.7 Å². The molecule has 1 nitrogen and oxygen atoms in total. The molecule has 0 radical (unpaired) electrons. The van der Waals surface area contributed by atoms with Crippen LogP contribution in [0.2, 0.25) is 0 Å². The lowest BCUT2D eigenvalue weighted by atomic mass is 9.74. The van der Waals surface area contributed by atoms with Crippen molar-refractivity contribution in [3.05, 3.63) is 12.2 Å². The van der Waals surface area contributed by atoms with Crippen molar-refractivity contribution in [1.29, 1.82) is 0 Å². The lowest BCUT2D eigenvalue weighted by Gasteiger charge is -2.36. The van der Waals surface area contributed by atoms with Crippen LogP contribution < -0.4 is 5.32 Å². The van der Waals surface area contributed by atoms with Crippen LogP contribution in [0.15, 0.2) is 12.2 Å². The molecule has 1 N–H and O–H groups in total. The summed E-state index contributed by atoms with van der Waals surface area (Å²) >= 11 is 0. The molecule has 0 bridgehead atoms. The molecule has 0 amide bonds. The fourth-order valence-corrected chi connectivity index (χ4v) is 2.46. The topological polar surface area (TPSA) is 12.0 Å². The van der Waals surface area contributed by atoms with Gasteiger partial charge in [-0.2, -0.15) is 0 Å². The zero-order valence-corrected chi connectivity index (χ0v) is 7.10. The Labute approximate surface area is 68.9 Å². The second kappa shape index (κ2) is 2.98. The number of piperidine rings is 1. The molecule has 0 spiro atoms. The predicted octanol–water partition coefficient (Wildman–Crippen LogP) is 1.95. The maximum Gasteiger partial charge on any atom is -0.00148 e. The van der Waals surface area contributed by atoms with Gasteiger partial charge in [-0.3, -0.25) is 0 Å². The SMILES string of the molecule is C=C1CCC2CCNCC2C1. The number of nitrogens with one attached hydrogen (secondary N) is 1. The van der Waals surface area contributed by atoms with Gasteiger partial charge < -0.3 is 5.32 Å². The molecule has 1 heterocycles. The average molecular weight is 151 g/mol. The van der Waals surface area contributed by atoms with E-state index >= 15 is 0 Å². The third-order valence-corrected chi connectivity index (χ3v) is 3.18. The second-order valence-electron chi connectivity index (χ2n) is 4.01. The zero-order valence-electron chi connectivity index (χ0n) is 7.10. The van der Waals surface area contributed by atoms with Gasteiger partial charge in [0, 0.05) is 0 Å². The maximum atomic E-state index is 4.08. The van der Waals surface area contributed by atoms with Gasteiger partial charge in [-0.15, -0.1) is 0 Å². The summed E-state index contributed by atoms with van der Waals surface area (Å²) in [5.41, 5.74) is 1.48. The van der Waals surface area contributed by atoms with Crippen molar-refractivity contribution >= 4 is 0 Å². The van der Waals surface area contributed by atoms with Crippen LogP contribution in [0.4, 0.5) is 0 Å². The minimum absolute atomic E-state index is 0.921. The van der Waals surface area contributed by atoms with E-state index in [-0.39, 0.29) is 0 Å². The molecule has 0 aromatic carbocycles. The van der Waals surface area contributed by atoms with Crippen molar-refractivity contribution in [1.82, 2.24) is 5.32 Å². The molecule has 1 heteroatoms. The highest BCUT2D eigenvalue weighted by Gasteiger charge is 2.28. The van der Waals surface area contributed by atoms with Crippen molar-refractivity contribution in [2.24, 2.45) is 11.8 Å². The van der Waals surface area contributed by atoms with Gasteiger partial charge in [0.15, 0.2) is 0 Å². The van der Waals surface area contributed by atoms with E-state index in [2.05, 4.69) is 11.9 Å². The Hall–Kier alpha value is -0.300. The largest absolute Gasteiger partial charge is 0.316 e. The van der Waals surface area contributed by atoms with Crippen LogP contribution in [0, 0.1) is 11.8 Å². The first-order valence-corrected chi connectivity index (χ1v) is 4.73. The molecule has 1 aliphatic heterocycles. The molecule has 2 atom stereocenters.